The lowest BCUT2D eigenvalue weighted by atomic mass is 9.82. The van der Waals surface area contributed by atoms with Crippen molar-refractivity contribution in [3.8, 4) is 5.75 Å². The molecule has 33 heavy (non-hydrogen) atoms. The van der Waals surface area contributed by atoms with Gasteiger partial charge in [0.05, 0.1) is 23.3 Å². The molecule has 1 aliphatic rings. The molecular formula is C23H19N5O4S. The highest BCUT2D eigenvalue weighted by Gasteiger charge is 2.29. The second-order valence-electron chi connectivity index (χ2n) is 7.74. The Labute approximate surface area is 193 Å². The summed E-state index contributed by atoms with van der Waals surface area (Å²) in [7, 11) is 1.63. The maximum absolute atomic E-state index is 12.8. The largest absolute Gasteiger partial charge is 0.497 e. The number of methoxy groups -OCH3 is 1. The standard InChI is InChI=1S/C23H19N5O4S/c1-32-18-8-4-15(5-9-18)16-10-20-19(21(29)11-16)12-24-22-25-23(26-27(20)22)33-13-14-2-6-17(7-3-14)28(30)31/h2-9,12,16H,10-11,13H2,1H3. The van der Waals surface area contributed by atoms with Crippen molar-refractivity contribution in [1.29, 1.82) is 0 Å². The molecule has 166 valence electrons. The van der Waals surface area contributed by atoms with Crippen LogP contribution in [-0.2, 0) is 12.2 Å². The minimum Gasteiger partial charge on any atom is -0.497 e. The quantitative estimate of drug-likeness (QED) is 0.238. The number of aromatic nitrogens is 4. The van der Waals surface area contributed by atoms with E-state index in [1.54, 1.807) is 30.0 Å². The molecule has 0 aliphatic heterocycles. The number of ether oxygens (including phenoxy) is 1. The first-order valence-electron chi connectivity index (χ1n) is 10.3. The summed E-state index contributed by atoms with van der Waals surface area (Å²) < 4.78 is 6.90. The number of nitro benzene ring substituents is 1. The minimum absolute atomic E-state index is 0.0434. The van der Waals surface area contributed by atoms with E-state index < -0.39 is 4.92 Å². The van der Waals surface area contributed by atoms with E-state index in [0.29, 0.717) is 35.1 Å². The van der Waals surface area contributed by atoms with Gasteiger partial charge in [0.25, 0.3) is 11.5 Å². The van der Waals surface area contributed by atoms with Gasteiger partial charge in [-0.25, -0.2) is 4.98 Å². The maximum atomic E-state index is 12.8. The summed E-state index contributed by atoms with van der Waals surface area (Å²) in [5, 5.41) is 16.0. The Kier molecular flexibility index (Phi) is 5.51. The number of carbonyl (C=O) groups is 1. The molecule has 9 nitrogen and oxygen atoms in total. The van der Waals surface area contributed by atoms with Gasteiger partial charge in [-0.05, 0) is 35.6 Å². The highest BCUT2D eigenvalue weighted by Crippen LogP contribution is 2.33. The molecule has 2 heterocycles. The average Bonchev–Trinajstić information content (AvgIpc) is 3.27. The summed E-state index contributed by atoms with van der Waals surface area (Å²) in [4.78, 5) is 32.1. The zero-order valence-corrected chi connectivity index (χ0v) is 18.5. The minimum atomic E-state index is -0.421. The van der Waals surface area contributed by atoms with Gasteiger partial charge in [0.15, 0.2) is 5.78 Å². The molecule has 1 aliphatic carbocycles. The summed E-state index contributed by atoms with van der Waals surface area (Å²) in [5.41, 5.74) is 3.46. The van der Waals surface area contributed by atoms with Crippen LogP contribution in [0.5, 0.6) is 5.75 Å². The second kappa shape index (κ2) is 8.62. The van der Waals surface area contributed by atoms with Crippen LogP contribution in [0.1, 0.15) is 39.5 Å². The maximum Gasteiger partial charge on any atom is 0.269 e. The van der Waals surface area contributed by atoms with Crippen molar-refractivity contribution in [2.24, 2.45) is 0 Å². The molecule has 0 saturated carbocycles. The van der Waals surface area contributed by atoms with Crippen LogP contribution in [0.15, 0.2) is 59.9 Å². The molecule has 1 atom stereocenters. The van der Waals surface area contributed by atoms with E-state index in [2.05, 4.69) is 15.1 Å². The zero-order chi connectivity index (χ0) is 22.9. The molecule has 0 radical (unpaired) electrons. The summed E-state index contributed by atoms with van der Waals surface area (Å²) in [5.74, 6) is 1.87. The number of nitrogens with zero attached hydrogens (tertiary/aromatic N) is 5. The number of nitro groups is 1. The van der Waals surface area contributed by atoms with E-state index in [1.807, 2.05) is 24.3 Å². The van der Waals surface area contributed by atoms with Crippen molar-refractivity contribution >= 4 is 29.0 Å². The Hall–Kier alpha value is -3.79. The molecule has 0 fully saturated rings. The highest BCUT2D eigenvalue weighted by molar-refractivity contribution is 7.98. The van der Waals surface area contributed by atoms with Crippen LogP contribution in [0, 0.1) is 10.1 Å². The van der Waals surface area contributed by atoms with Gasteiger partial charge in [-0.15, -0.1) is 5.10 Å². The summed E-state index contributed by atoms with van der Waals surface area (Å²) in [6.45, 7) is 0. The fourth-order valence-corrected chi connectivity index (χ4v) is 4.74. The molecule has 10 heteroatoms. The molecule has 5 rings (SSSR count). The fourth-order valence-electron chi connectivity index (χ4n) is 3.96. The molecule has 0 saturated heterocycles. The highest BCUT2D eigenvalue weighted by atomic mass is 32.2. The third-order valence-corrected chi connectivity index (χ3v) is 6.63. The van der Waals surface area contributed by atoms with Crippen LogP contribution < -0.4 is 4.74 Å². The lowest BCUT2D eigenvalue weighted by Crippen LogP contribution is -2.22. The number of ketones is 1. The van der Waals surface area contributed by atoms with Gasteiger partial charge < -0.3 is 4.74 Å². The molecule has 0 amide bonds. The van der Waals surface area contributed by atoms with Gasteiger partial charge in [0, 0.05) is 30.5 Å². The van der Waals surface area contributed by atoms with Crippen LogP contribution >= 0.6 is 11.8 Å². The van der Waals surface area contributed by atoms with Crippen molar-refractivity contribution < 1.29 is 14.5 Å². The van der Waals surface area contributed by atoms with E-state index in [1.165, 1.54) is 23.9 Å². The van der Waals surface area contributed by atoms with Crippen molar-refractivity contribution in [2.75, 3.05) is 7.11 Å². The average molecular weight is 462 g/mol. The predicted molar refractivity (Wildman–Crippen MR) is 122 cm³/mol. The normalized spacial score (nSPS) is 15.4. The summed E-state index contributed by atoms with van der Waals surface area (Å²) in [6, 6.07) is 14.2. The van der Waals surface area contributed by atoms with Crippen LogP contribution in [0.25, 0.3) is 5.78 Å². The number of rotatable bonds is 6. The van der Waals surface area contributed by atoms with Gasteiger partial charge in [-0.2, -0.15) is 9.50 Å². The van der Waals surface area contributed by atoms with Gasteiger partial charge in [0.1, 0.15) is 5.75 Å². The van der Waals surface area contributed by atoms with E-state index in [0.717, 1.165) is 22.6 Å². The van der Waals surface area contributed by atoms with E-state index in [-0.39, 0.29) is 17.4 Å². The number of Topliss-reactive ketones (excluding diaryl/α,β-unsaturated/α-hetero) is 1. The third kappa shape index (κ3) is 4.17. The Morgan fingerprint density at radius 3 is 2.61 bits per heavy atom. The molecule has 2 aromatic heterocycles. The first-order chi connectivity index (χ1) is 16.0. The molecule has 2 aromatic carbocycles. The smallest absolute Gasteiger partial charge is 0.269 e. The van der Waals surface area contributed by atoms with Gasteiger partial charge in [-0.1, -0.05) is 36.0 Å². The number of hydrogen-bond acceptors (Lipinski definition) is 8. The first kappa shape index (κ1) is 21.1. The Morgan fingerprint density at radius 1 is 1.15 bits per heavy atom. The molecule has 0 bridgehead atoms. The third-order valence-electron chi connectivity index (χ3n) is 5.72. The molecule has 0 N–H and O–H groups in total. The number of carbonyl (C=O) groups excluding carboxylic acids is 1. The van der Waals surface area contributed by atoms with Crippen molar-refractivity contribution in [1.82, 2.24) is 19.6 Å². The Balaban J connectivity index is 1.39. The van der Waals surface area contributed by atoms with E-state index in [4.69, 9.17) is 4.74 Å². The lowest BCUT2D eigenvalue weighted by Gasteiger charge is -2.24. The van der Waals surface area contributed by atoms with E-state index >= 15 is 0 Å². The van der Waals surface area contributed by atoms with Crippen LogP contribution in [0.3, 0.4) is 0 Å². The van der Waals surface area contributed by atoms with Crippen LogP contribution in [-0.4, -0.2) is 37.4 Å². The molecular weight excluding hydrogens is 442 g/mol. The van der Waals surface area contributed by atoms with Crippen molar-refractivity contribution in [3.05, 3.63) is 87.2 Å². The summed E-state index contributed by atoms with van der Waals surface area (Å²) in [6.07, 6.45) is 2.67. The van der Waals surface area contributed by atoms with Crippen molar-refractivity contribution in [3.63, 3.8) is 0 Å². The number of thioether (sulfide) groups is 1. The van der Waals surface area contributed by atoms with Crippen LogP contribution in [0.2, 0.25) is 0 Å². The number of benzene rings is 2. The monoisotopic (exact) mass is 461 g/mol. The van der Waals surface area contributed by atoms with E-state index in [9.17, 15) is 14.9 Å². The second-order valence-corrected chi connectivity index (χ2v) is 8.68. The van der Waals surface area contributed by atoms with Crippen LogP contribution in [0.4, 0.5) is 5.69 Å². The fraction of sp³-hybridized carbons (Fsp3) is 0.217. The van der Waals surface area contributed by atoms with Crippen molar-refractivity contribution in [2.45, 2.75) is 29.7 Å². The Bertz CT molecular complexity index is 1350. The topological polar surface area (TPSA) is 113 Å². The number of fused-ring (bicyclic) bond motifs is 3. The number of hydrogen-bond donors (Lipinski definition) is 0. The Morgan fingerprint density at radius 2 is 1.91 bits per heavy atom. The van der Waals surface area contributed by atoms with Gasteiger partial charge in [-0.3, -0.25) is 14.9 Å². The molecule has 0 spiro atoms. The summed E-state index contributed by atoms with van der Waals surface area (Å²) >= 11 is 1.41. The van der Waals surface area contributed by atoms with Gasteiger partial charge in [0.2, 0.25) is 5.16 Å². The molecule has 1 unspecified atom stereocenters. The predicted octanol–water partition coefficient (Wildman–Crippen LogP) is 4.25. The lowest BCUT2D eigenvalue weighted by molar-refractivity contribution is -0.384. The van der Waals surface area contributed by atoms with Gasteiger partial charge >= 0.3 is 0 Å². The SMILES string of the molecule is COc1ccc(C2CC(=O)c3cnc4nc(SCc5ccc([N+](=O)[O-])cc5)nn4c3C2)cc1. The first-order valence-corrected chi connectivity index (χ1v) is 11.3. The zero-order valence-electron chi connectivity index (χ0n) is 17.7. The number of non-ortho nitro benzene ring substituents is 1. The molecule has 4 aromatic rings.